The van der Waals surface area contributed by atoms with Crippen molar-refractivity contribution in [3.05, 3.63) is 35.4 Å². The summed E-state index contributed by atoms with van der Waals surface area (Å²) in [4.78, 5) is 27.3. The Morgan fingerprint density at radius 3 is 2.43 bits per heavy atom. The van der Waals surface area contributed by atoms with E-state index in [2.05, 4.69) is 0 Å². The Balaban J connectivity index is 1.89. The van der Waals surface area contributed by atoms with Gasteiger partial charge in [-0.1, -0.05) is 0 Å². The summed E-state index contributed by atoms with van der Waals surface area (Å²) in [6, 6.07) is 3.06. The van der Waals surface area contributed by atoms with Crippen molar-refractivity contribution in [2.45, 2.75) is 12.8 Å². The van der Waals surface area contributed by atoms with E-state index in [1.165, 1.54) is 6.07 Å². The molecule has 0 unspecified atom stereocenters. The number of likely N-dealkylation sites (N-methyl/N-ethyl adjacent to an activating group) is 1. The highest BCUT2D eigenvalue weighted by molar-refractivity contribution is 5.97. The van der Waals surface area contributed by atoms with Gasteiger partial charge in [0.05, 0.1) is 13.1 Å². The van der Waals surface area contributed by atoms with Gasteiger partial charge in [-0.15, -0.1) is 0 Å². The van der Waals surface area contributed by atoms with Crippen molar-refractivity contribution in [2.75, 3.05) is 33.2 Å². The van der Waals surface area contributed by atoms with E-state index in [0.29, 0.717) is 0 Å². The second kappa shape index (κ2) is 6.76. The fourth-order valence-corrected chi connectivity index (χ4v) is 2.36. The van der Waals surface area contributed by atoms with Crippen molar-refractivity contribution in [2.24, 2.45) is 0 Å². The number of halogens is 2. The normalized spacial score (nSPS) is 14.8. The summed E-state index contributed by atoms with van der Waals surface area (Å²) in [6.45, 7) is 1.67. The lowest BCUT2D eigenvalue weighted by atomic mass is 10.1. The first-order chi connectivity index (χ1) is 9.97. The van der Waals surface area contributed by atoms with E-state index >= 15 is 0 Å². The van der Waals surface area contributed by atoms with Crippen molar-refractivity contribution in [3.8, 4) is 0 Å². The molecule has 4 nitrogen and oxygen atoms in total. The lowest BCUT2D eigenvalue weighted by Gasteiger charge is -2.20. The number of amides is 1. The van der Waals surface area contributed by atoms with E-state index < -0.39 is 11.6 Å². The fourth-order valence-electron chi connectivity index (χ4n) is 2.36. The minimum atomic E-state index is -1.04. The average molecular weight is 296 g/mol. The van der Waals surface area contributed by atoms with E-state index in [0.717, 1.165) is 38.1 Å². The number of nitrogens with zero attached hydrogens (tertiary/aromatic N) is 2. The smallest absolute Gasteiger partial charge is 0.236 e. The molecule has 0 atom stereocenters. The molecule has 2 rings (SSSR count). The first-order valence-corrected chi connectivity index (χ1v) is 6.92. The van der Waals surface area contributed by atoms with Gasteiger partial charge in [0, 0.05) is 18.7 Å². The van der Waals surface area contributed by atoms with E-state index in [4.69, 9.17) is 0 Å². The number of hydrogen-bond donors (Lipinski definition) is 0. The summed E-state index contributed by atoms with van der Waals surface area (Å²) in [6.07, 6.45) is 2.03. The van der Waals surface area contributed by atoms with Crippen molar-refractivity contribution in [3.63, 3.8) is 0 Å². The molecular formula is C15H18F2N2O2. The Hall–Kier alpha value is -1.82. The highest BCUT2D eigenvalue weighted by Crippen LogP contribution is 2.10. The van der Waals surface area contributed by atoms with Crippen LogP contribution in [0.5, 0.6) is 0 Å². The van der Waals surface area contributed by atoms with Gasteiger partial charge in [-0.05, 0) is 38.1 Å². The summed E-state index contributed by atoms with van der Waals surface area (Å²) < 4.78 is 25.9. The molecule has 1 aromatic rings. The minimum Gasteiger partial charge on any atom is -0.342 e. The van der Waals surface area contributed by atoms with E-state index in [1.807, 2.05) is 0 Å². The number of carbonyl (C=O) groups excluding carboxylic acids is 2. The largest absolute Gasteiger partial charge is 0.342 e. The average Bonchev–Trinajstić information content (AvgIpc) is 2.95. The van der Waals surface area contributed by atoms with Crippen LogP contribution in [0.2, 0.25) is 0 Å². The third kappa shape index (κ3) is 4.07. The predicted octanol–water partition coefficient (Wildman–Crippen LogP) is 1.70. The first-order valence-electron chi connectivity index (χ1n) is 6.92. The van der Waals surface area contributed by atoms with Gasteiger partial charge in [0.2, 0.25) is 5.91 Å². The molecule has 1 heterocycles. The van der Waals surface area contributed by atoms with Crippen molar-refractivity contribution in [1.82, 2.24) is 9.80 Å². The van der Waals surface area contributed by atoms with Gasteiger partial charge in [-0.3, -0.25) is 14.5 Å². The maximum absolute atomic E-state index is 13.1. The quantitative estimate of drug-likeness (QED) is 0.777. The zero-order chi connectivity index (χ0) is 15.4. The van der Waals surface area contributed by atoms with Crippen molar-refractivity contribution in [1.29, 1.82) is 0 Å². The highest BCUT2D eigenvalue weighted by atomic mass is 19.2. The fraction of sp³-hybridized carbons (Fsp3) is 0.467. The van der Waals surface area contributed by atoms with E-state index in [-0.39, 0.29) is 30.3 Å². The van der Waals surface area contributed by atoms with Crippen LogP contribution in [-0.2, 0) is 4.79 Å². The molecule has 6 heteroatoms. The lowest BCUT2D eigenvalue weighted by Crippen LogP contribution is -2.39. The Morgan fingerprint density at radius 1 is 1.14 bits per heavy atom. The van der Waals surface area contributed by atoms with Crippen molar-refractivity contribution >= 4 is 11.7 Å². The number of Topliss-reactive ketones (excluding diaryl/α,β-unsaturated/α-hetero) is 1. The van der Waals surface area contributed by atoms with Crippen LogP contribution in [0.3, 0.4) is 0 Å². The van der Waals surface area contributed by atoms with Gasteiger partial charge in [0.1, 0.15) is 0 Å². The van der Waals surface area contributed by atoms with Gasteiger partial charge in [-0.2, -0.15) is 0 Å². The lowest BCUT2D eigenvalue weighted by molar-refractivity contribution is -0.130. The molecule has 1 aliphatic rings. The molecule has 0 saturated carbocycles. The van der Waals surface area contributed by atoms with Gasteiger partial charge in [0.15, 0.2) is 17.4 Å². The van der Waals surface area contributed by atoms with Crippen LogP contribution < -0.4 is 0 Å². The molecule has 21 heavy (non-hydrogen) atoms. The maximum Gasteiger partial charge on any atom is 0.236 e. The van der Waals surface area contributed by atoms with Gasteiger partial charge < -0.3 is 4.90 Å². The van der Waals surface area contributed by atoms with Gasteiger partial charge >= 0.3 is 0 Å². The number of likely N-dealkylation sites (tertiary alicyclic amines) is 1. The molecule has 0 aromatic heterocycles. The van der Waals surface area contributed by atoms with Crippen LogP contribution in [0.15, 0.2) is 18.2 Å². The monoisotopic (exact) mass is 296 g/mol. The summed E-state index contributed by atoms with van der Waals surface area (Å²) in [7, 11) is 1.66. The summed E-state index contributed by atoms with van der Waals surface area (Å²) >= 11 is 0. The van der Waals surface area contributed by atoms with E-state index in [1.54, 1.807) is 16.8 Å². The molecule has 0 bridgehead atoms. The third-order valence-corrected chi connectivity index (χ3v) is 3.52. The van der Waals surface area contributed by atoms with Gasteiger partial charge in [0.25, 0.3) is 0 Å². The highest BCUT2D eigenvalue weighted by Gasteiger charge is 2.20. The van der Waals surface area contributed by atoms with Crippen LogP contribution in [0, 0.1) is 11.6 Å². The van der Waals surface area contributed by atoms with Crippen LogP contribution in [0.4, 0.5) is 8.78 Å². The number of benzene rings is 1. The topological polar surface area (TPSA) is 40.6 Å². The zero-order valence-corrected chi connectivity index (χ0v) is 11.9. The third-order valence-electron chi connectivity index (χ3n) is 3.52. The molecule has 0 radical (unpaired) electrons. The molecule has 0 spiro atoms. The van der Waals surface area contributed by atoms with Crippen LogP contribution >= 0.6 is 0 Å². The number of rotatable bonds is 5. The predicted molar refractivity (Wildman–Crippen MR) is 74.0 cm³/mol. The van der Waals surface area contributed by atoms with Crippen LogP contribution in [0.25, 0.3) is 0 Å². The SMILES string of the molecule is CN(CC(=O)c1ccc(F)c(F)c1)CC(=O)N1CCCC1. The van der Waals surface area contributed by atoms with E-state index in [9.17, 15) is 18.4 Å². The molecule has 114 valence electrons. The summed E-state index contributed by atoms with van der Waals surface area (Å²) in [5.41, 5.74) is 0.106. The molecule has 1 saturated heterocycles. The molecule has 0 aliphatic carbocycles. The molecule has 1 fully saturated rings. The molecular weight excluding hydrogens is 278 g/mol. The minimum absolute atomic E-state index is 0.00640. The summed E-state index contributed by atoms with van der Waals surface area (Å²) in [5.74, 6) is -2.38. The molecule has 0 N–H and O–H groups in total. The number of carbonyl (C=O) groups is 2. The Kier molecular flexibility index (Phi) is 5.01. The second-order valence-electron chi connectivity index (χ2n) is 5.31. The zero-order valence-electron chi connectivity index (χ0n) is 11.9. The number of ketones is 1. The number of hydrogen-bond acceptors (Lipinski definition) is 3. The second-order valence-corrected chi connectivity index (χ2v) is 5.31. The Morgan fingerprint density at radius 2 is 1.81 bits per heavy atom. The summed E-state index contributed by atoms with van der Waals surface area (Å²) in [5, 5.41) is 0. The molecule has 1 amide bonds. The van der Waals surface area contributed by atoms with Crippen LogP contribution in [-0.4, -0.2) is 54.7 Å². The first kappa shape index (κ1) is 15.6. The van der Waals surface area contributed by atoms with Gasteiger partial charge in [-0.25, -0.2) is 8.78 Å². The maximum atomic E-state index is 13.1. The molecule has 1 aromatic carbocycles. The molecule has 1 aliphatic heterocycles. The van der Waals surface area contributed by atoms with Crippen molar-refractivity contribution < 1.29 is 18.4 Å². The van der Waals surface area contributed by atoms with Crippen LogP contribution in [0.1, 0.15) is 23.2 Å². The standard InChI is InChI=1S/C15H18F2N2O2/c1-18(10-15(21)19-6-2-3-7-19)9-14(20)11-4-5-12(16)13(17)8-11/h4-5,8H,2-3,6-7,9-10H2,1H3. The Labute approximate surface area is 122 Å². The Bertz CT molecular complexity index is 542.